The molecule has 1 heterocycles. The quantitative estimate of drug-likeness (QED) is 0.549. The third-order valence-corrected chi connectivity index (χ3v) is 3.87. The summed E-state index contributed by atoms with van der Waals surface area (Å²) in [7, 11) is -2.33. The molecule has 0 aliphatic rings. The molecule has 0 fully saturated rings. The second kappa shape index (κ2) is 6.55. The molecule has 0 amide bonds. The Balaban J connectivity index is 0.000000164. The number of hydrogen-bond donors (Lipinski definition) is 1. The zero-order valence-corrected chi connectivity index (χ0v) is 12.7. The zero-order chi connectivity index (χ0) is 16.2. The Kier molecular flexibility index (Phi) is 4.75. The molecule has 22 heavy (non-hydrogen) atoms. The van der Waals surface area contributed by atoms with Crippen molar-refractivity contribution < 1.29 is 22.6 Å². The van der Waals surface area contributed by atoms with Gasteiger partial charge in [0.25, 0.3) is 5.52 Å². The first-order valence-corrected chi connectivity index (χ1v) is 7.88. The molecule has 1 N–H and O–H groups in total. The first-order chi connectivity index (χ1) is 10.4. The lowest BCUT2D eigenvalue weighted by Crippen LogP contribution is -2.27. The van der Waals surface area contributed by atoms with Crippen LogP contribution in [0.1, 0.15) is 0 Å². The summed E-state index contributed by atoms with van der Waals surface area (Å²) in [6, 6.07) is 16.7. The molecule has 0 unspecified atom stereocenters. The summed E-state index contributed by atoms with van der Waals surface area (Å²) in [5.74, 6) is 0.329. The number of aromatic hydroxyl groups is 1. The van der Waals surface area contributed by atoms with Crippen molar-refractivity contribution >= 4 is 21.0 Å². The van der Waals surface area contributed by atoms with Gasteiger partial charge in [-0.05, 0) is 30.3 Å². The van der Waals surface area contributed by atoms with E-state index in [0.29, 0.717) is 5.75 Å². The molecule has 3 rings (SSSR count). The Hall–Kier alpha value is -2.44. The molecule has 0 aliphatic heterocycles. The number of aromatic nitrogens is 1. The highest BCUT2D eigenvalue weighted by Gasteiger charge is 2.07. The van der Waals surface area contributed by atoms with E-state index in [1.165, 1.54) is 24.3 Å². The molecule has 114 valence electrons. The maximum absolute atomic E-state index is 10.3. The zero-order valence-electron chi connectivity index (χ0n) is 11.9. The van der Waals surface area contributed by atoms with Crippen LogP contribution < -0.4 is 4.57 Å². The largest absolute Gasteiger partial charge is 0.744 e. The molecular formula is C16H15NO4S. The van der Waals surface area contributed by atoms with Crippen molar-refractivity contribution in [2.45, 2.75) is 4.90 Å². The summed E-state index contributed by atoms with van der Waals surface area (Å²) in [5, 5.41) is 10.6. The molecule has 3 aromatic rings. The van der Waals surface area contributed by atoms with E-state index in [9.17, 15) is 18.1 Å². The fourth-order valence-corrected chi connectivity index (χ4v) is 2.50. The molecule has 0 bridgehead atoms. The van der Waals surface area contributed by atoms with Gasteiger partial charge in [0.1, 0.15) is 17.2 Å². The number of aryl methyl sites for hydroxylation is 1. The van der Waals surface area contributed by atoms with Crippen molar-refractivity contribution in [1.82, 2.24) is 0 Å². The van der Waals surface area contributed by atoms with Crippen LogP contribution in [0.3, 0.4) is 0 Å². The van der Waals surface area contributed by atoms with Gasteiger partial charge < -0.3 is 9.66 Å². The maximum Gasteiger partial charge on any atom is 0.254 e. The normalized spacial score (nSPS) is 10.8. The standard InChI is InChI=1S/C10H9NO.C6H6O3S/c1-11-7-3-5-8-4-2-6-9(12)10(8)11;7-10(8,9)6-4-2-1-3-5-6/h2-7H,1H3;1-5H,(H,7,8,9). The molecule has 2 aromatic carbocycles. The van der Waals surface area contributed by atoms with Crippen LogP contribution in [-0.4, -0.2) is 18.1 Å². The summed E-state index contributed by atoms with van der Waals surface area (Å²) in [5.41, 5.74) is 0.875. The Labute approximate surface area is 128 Å². The first kappa shape index (κ1) is 15.9. The van der Waals surface area contributed by atoms with Crippen LogP contribution >= 0.6 is 0 Å². The van der Waals surface area contributed by atoms with Gasteiger partial charge in [-0.15, -0.1) is 0 Å². The Bertz CT molecular complexity index is 840. The number of phenolic OH excluding ortho intramolecular Hbond substituents is 1. The molecule has 0 spiro atoms. The Morgan fingerprint density at radius 1 is 0.955 bits per heavy atom. The topological polar surface area (TPSA) is 81.3 Å². The van der Waals surface area contributed by atoms with Gasteiger partial charge in [-0.1, -0.05) is 24.3 Å². The van der Waals surface area contributed by atoms with Crippen molar-refractivity contribution in [2.75, 3.05) is 0 Å². The number of benzene rings is 2. The second-order valence-electron chi connectivity index (χ2n) is 4.60. The van der Waals surface area contributed by atoms with Crippen molar-refractivity contribution in [1.29, 1.82) is 0 Å². The Morgan fingerprint density at radius 2 is 1.59 bits per heavy atom. The summed E-state index contributed by atoms with van der Waals surface area (Å²) in [4.78, 5) is -0.185. The van der Waals surface area contributed by atoms with Gasteiger partial charge in [-0.3, -0.25) is 0 Å². The lowest BCUT2D eigenvalue weighted by Gasteiger charge is -2.04. The van der Waals surface area contributed by atoms with E-state index < -0.39 is 10.1 Å². The Morgan fingerprint density at radius 3 is 2.14 bits per heavy atom. The number of fused-ring (bicyclic) bond motifs is 1. The molecule has 1 aromatic heterocycles. The van der Waals surface area contributed by atoms with E-state index in [2.05, 4.69) is 0 Å². The summed E-state index contributed by atoms with van der Waals surface area (Å²) in [6.07, 6.45) is 1.92. The molecule has 5 nitrogen and oxygen atoms in total. The highest BCUT2D eigenvalue weighted by Crippen LogP contribution is 2.19. The van der Waals surface area contributed by atoms with Gasteiger partial charge in [0.2, 0.25) is 0 Å². The van der Waals surface area contributed by atoms with Crippen molar-refractivity contribution in [2.24, 2.45) is 7.05 Å². The SMILES string of the molecule is C[n+]1cccc2cccc(O)c21.O=S(=O)([O-])c1ccccc1. The van der Waals surface area contributed by atoms with Crippen LogP contribution in [0.4, 0.5) is 0 Å². The van der Waals surface area contributed by atoms with Crippen LogP contribution in [0.2, 0.25) is 0 Å². The highest BCUT2D eigenvalue weighted by atomic mass is 32.2. The molecule has 0 atom stereocenters. The minimum absolute atomic E-state index is 0.185. The number of hydrogen-bond acceptors (Lipinski definition) is 4. The summed E-state index contributed by atoms with van der Waals surface area (Å²) < 4.78 is 32.7. The fraction of sp³-hybridized carbons (Fsp3) is 0.0625. The number of para-hydroxylation sites is 1. The van der Waals surface area contributed by atoms with Crippen molar-refractivity contribution in [3.05, 3.63) is 66.9 Å². The highest BCUT2D eigenvalue weighted by molar-refractivity contribution is 7.85. The lowest BCUT2D eigenvalue weighted by atomic mass is 10.2. The van der Waals surface area contributed by atoms with Crippen LogP contribution in [0, 0.1) is 0 Å². The van der Waals surface area contributed by atoms with E-state index in [1.54, 1.807) is 12.1 Å². The molecule has 0 saturated carbocycles. The maximum atomic E-state index is 10.3. The molecular weight excluding hydrogens is 302 g/mol. The second-order valence-corrected chi connectivity index (χ2v) is 5.98. The summed E-state index contributed by atoms with van der Waals surface area (Å²) in [6.45, 7) is 0. The van der Waals surface area contributed by atoms with Crippen LogP contribution in [0.25, 0.3) is 10.9 Å². The lowest BCUT2D eigenvalue weighted by molar-refractivity contribution is -0.645. The smallest absolute Gasteiger partial charge is 0.254 e. The average Bonchev–Trinajstić information content (AvgIpc) is 2.48. The molecule has 0 saturated heterocycles. The third-order valence-electron chi connectivity index (χ3n) is 3.02. The van der Waals surface area contributed by atoms with E-state index in [4.69, 9.17) is 0 Å². The van der Waals surface area contributed by atoms with E-state index in [0.717, 1.165) is 10.9 Å². The van der Waals surface area contributed by atoms with Crippen LogP contribution in [0.5, 0.6) is 5.75 Å². The predicted molar refractivity (Wildman–Crippen MR) is 81.2 cm³/mol. The minimum Gasteiger partial charge on any atom is -0.744 e. The van der Waals surface area contributed by atoms with Gasteiger partial charge >= 0.3 is 0 Å². The number of nitrogens with zero attached hydrogens (tertiary/aromatic N) is 1. The van der Waals surface area contributed by atoms with Gasteiger partial charge in [-0.2, -0.15) is 4.57 Å². The van der Waals surface area contributed by atoms with E-state index in [1.807, 2.05) is 42.1 Å². The number of phenols is 1. The number of pyridine rings is 1. The molecule has 0 radical (unpaired) electrons. The predicted octanol–water partition coefficient (Wildman–Crippen LogP) is 1.96. The van der Waals surface area contributed by atoms with Crippen molar-refractivity contribution in [3.8, 4) is 5.75 Å². The van der Waals surface area contributed by atoms with E-state index >= 15 is 0 Å². The molecule has 0 aliphatic carbocycles. The molecule has 6 heteroatoms. The third kappa shape index (κ3) is 3.81. The minimum atomic E-state index is -4.25. The van der Waals surface area contributed by atoms with Crippen LogP contribution in [-0.2, 0) is 17.2 Å². The van der Waals surface area contributed by atoms with Gasteiger partial charge in [-0.25, -0.2) is 8.42 Å². The van der Waals surface area contributed by atoms with Gasteiger partial charge in [0.05, 0.1) is 10.3 Å². The summed E-state index contributed by atoms with van der Waals surface area (Å²) >= 11 is 0. The van der Waals surface area contributed by atoms with Crippen molar-refractivity contribution in [3.63, 3.8) is 0 Å². The van der Waals surface area contributed by atoms with Gasteiger partial charge in [0, 0.05) is 6.07 Å². The monoisotopic (exact) mass is 317 g/mol. The number of rotatable bonds is 1. The van der Waals surface area contributed by atoms with E-state index in [-0.39, 0.29) is 4.90 Å². The fourth-order valence-electron chi connectivity index (χ4n) is 2.00. The van der Waals surface area contributed by atoms with Gasteiger partial charge in [0.15, 0.2) is 11.9 Å². The van der Waals surface area contributed by atoms with Crippen LogP contribution in [0.15, 0.2) is 71.8 Å². The first-order valence-electron chi connectivity index (χ1n) is 6.47. The average molecular weight is 317 g/mol.